The first-order valence-corrected chi connectivity index (χ1v) is 9.19. The largest absolute Gasteiger partial charge is 0.481 e. The monoisotopic (exact) mass is 354 g/mol. The van der Waals surface area contributed by atoms with E-state index in [1.807, 2.05) is 0 Å². The molecular formula is C18H26O7. The molecule has 0 saturated heterocycles. The molecule has 0 heterocycles. The second kappa shape index (κ2) is 6.27. The summed E-state index contributed by atoms with van der Waals surface area (Å²) < 4.78 is 0. The van der Waals surface area contributed by atoms with Crippen molar-refractivity contribution in [2.24, 2.45) is 29.1 Å². The van der Waals surface area contributed by atoms with Crippen molar-refractivity contribution in [3.05, 3.63) is 0 Å². The van der Waals surface area contributed by atoms with Crippen molar-refractivity contribution in [1.82, 2.24) is 0 Å². The Kier molecular flexibility index (Phi) is 4.56. The molecule has 0 amide bonds. The van der Waals surface area contributed by atoms with Crippen LogP contribution in [0.3, 0.4) is 0 Å². The van der Waals surface area contributed by atoms with Crippen molar-refractivity contribution in [2.45, 2.75) is 63.4 Å². The van der Waals surface area contributed by atoms with Crippen LogP contribution in [0.2, 0.25) is 0 Å². The Balaban J connectivity index is 2.18. The van der Waals surface area contributed by atoms with Gasteiger partial charge in [-0.2, -0.15) is 0 Å². The molecule has 0 aliphatic heterocycles. The van der Waals surface area contributed by atoms with Crippen molar-refractivity contribution in [1.29, 1.82) is 0 Å². The third kappa shape index (κ3) is 2.31. The van der Waals surface area contributed by atoms with Crippen molar-refractivity contribution >= 4 is 17.9 Å². The smallest absolute Gasteiger partial charge is 0.337 e. The lowest BCUT2D eigenvalue weighted by Gasteiger charge is -2.58. The number of carboxylic acids is 3. The Labute approximate surface area is 146 Å². The van der Waals surface area contributed by atoms with Gasteiger partial charge in [-0.3, -0.25) is 9.59 Å². The fourth-order valence-electron chi connectivity index (χ4n) is 5.26. The summed E-state index contributed by atoms with van der Waals surface area (Å²) in [6, 6.07) is 0. The third-order valence-electron chi connectivity index (χ3n) is 7.15. The second-order valence-electron chi connectivity index (χ2n) is 8.01. The third-order valence-corrected chi connectivity index (χ3v) is 7.15. The zero-order chi connectivity index (χ0) is 18.4. The van der Waals surface area contributed by atoms with Gasteiger partial charge in [0.15, 0.2) is 5.60 Å². The van der Waals surface area contributed by atoms with E-state index in [1.165, 1.54) is 0 Å². The summed E-state index contributed by atoms with van der Waals surface area (Å²) >= 11 is 0. The van der Waals surface area contributed by atoms with E-state index in [0.717, 1.165) is 19.3 Å². The molecule has 4 N–H and O–H groups in total. The average molecular weight is 354 g/mol. The molecule has 3 rings (SSSR count). The fraction of sp³-hybridized carbons (Fsp3) is 0.833. The van der Waals surface area contributed by atoms with Crippen molar-refractivity contribution < 1.29 is 34.8 Å². The second-order valence-corrected chi connectivity index (χ2v) is 8.01. The lowest BCUT2D eigenvalue weighted by atomic mass is 9.44. The highest BCUT2D eigenvalue weighted by molar-refractivity contribution is 5.94. The van der Waals surface area contributed by atoms with E-state index >= 15 is 0 Å². The van der Waals surface area contributed by atoms with Crippen molar-refractivity contribution in [2.75, 3.05) is 0 Å². The minimum absolute atomic E-state index is 0.488. The van der Waals surface area contributed by atoms with Gasteiger partial charge in [0.1, 0.15) is 11.3 Å². The number of hydrogen-bond acceptors (Lipinski definition) is 4. The van der Waals surface area contributed by atoms with E-state index in [9.17, 15) is 34.8 Å². The number of carboxylic acid groups (broad SMARTS) is 3. The van der Waals surface area contributed by atoms with Gasteiger partial charge in [0.05, 0.1) is 0 Å². The quantitative estimate of drug-likeness (QED) is 0.524. The van der Waals surface area contributed by atoms with E-state index in [-0.39, 0.29) is 0 Å². The Morgan fingerprint density at radius 1 is 0.760 bits per heavy atom. The molecule has 25 heavy (non-hydrogen) atoms. The van der Waals surface area contributed by atoms with Crippen LogP contribution >= 0.6 is 0 Å². The maximum atomic E-state index is 12.5. The predicted octanol–water partition coefficient (Wildman–Crippen LogP) is 1.97. The highest BCUT2D eigenvalue weighted by Crippen LogP contribution is 2.62. The Morgan fingerprint density at radius 3 is 1.40 bits per heavy atom. The zero-order valence-electron chi connectivity index (χ0n) is 14.2. The lowest BCUT2D eigenvalue weighted by molar-refractivity contribution is -0.239. The molecule has 140 valence electrons. The number of rotatable bonds is 8. The summed E-state index contributed by atoms with van der Waals surface area (Å²) in [4.78, 5) is 36.8. The number of carbonyl (C=O) groups is 3. The summed E-state index contributed by atoms with van der Waals surface area (Å²) in [5.41, 5.74) is -4.71. The van der Waals surface area contributed by atoms with Gasteiger partial charge in [0.2, 0.25) is 0 Å². The highest BCUT2D eigenvalue weighted by Gasteiger charge is 2.74. The van der Waals surface area contributed by atoms with E-state index < -0.39 is 52.6 Å². The molecule has 0 radical (unpaired) electrons. The first-order chi connectivity index (χ1) is 11.8. The molecular weight excluding hydrogens is 328 g/mol. The van der Waals surface area contributed by atoms with Gasteiger partial charge in [0, 0.05) is 0 Å². The minimum Gasteiger partial charge on any atom is -0.481 e. The average Bonchev–Trinajstić information content (AvgIpc) is 2.35. The Bertz CT molecular complexity index is 560. The van der Waals surface area contributed by atoms with Gasteiger partial charge in [-0.15, -0.1) is 0 Å². The minimum atomic E-state index is -2.79. The van der Waals surface area contributed by atoms with Crippen molar-refractivity contribution in [3.63, 3.8) is 0 Å². The number of aliphatic hydroxyl groups is 1. The summed E-state index contributed by atoms with van der Waals surface area (Å²) in [7, 11) is 0. The van der Waals surface area contributed by atoms with Crippen LogP contribution in [-0.2, 0) is 14.4 Å². The Hall–Kier alpha value is -1.63. The maximum absolute atomic E-state index is 12.5. The molecule has 0 aromatic carbocycles. The van der Waals surface area contributed by atoms with Crippen LogP contribution in [0.15, 0.2) is 0 Å². The summed E-state index contributed by atoms with van der Waals surface area (Å²) in [6.45, 7) is 0. The molecule has 3 aliphatic carbocycles. The van der Waals surface area contributed by atoms with E-state index in [1.54, 1.807) is 0 Å². The molecule has 0 aromatic rings. The highest BCUT2D eigenvalue weighted by atomic mass is 16.4. The van der Waals surface area contributed by atoms with Crippen LogP contribution in [0.4, 0.5) is 0 Å². The fourth-order valence-corrected chi connectivity index (χ4v) is 5.26. The molecule has 3 saturated carbocycles. The standard InChI is InChI=1S/C18H26O7/c19-14(20)13(10-4-1-5-10)18(25,16(23)24)17(15(21)22,11-6-2-7-11)12-8-3-9-12/h10-13,25H,1-9H2,(H,19,20)(H,21,22)(H,23,24). The summed E-state index contributed by atoms with van der Waals surface area (Å²) in [5, 5.41) is 41.3. The molecule has 7 heteroatoms. The van der Waals surface area contributed by atoms with Gasteiger partial charge in [-0.1, -0.05) is 19.3 Å². The normalized spacial score (nSPS) is 25.8. The molecule has 0 aromatic heterocycles. The summed E-state index contributed by atoms with van der Waals surface area (Å²) in [5.74, 6) is -7.51. The van der Waals surface area contributed by atoms with Crippen LogP contribution < -0.4 is 0 Å². The maximum Gasteiger partial charge on any atom is 0.337 e. The van der Waals surface area contributed by atoms with Gasteiger partial charge < -0.3 is 20.4 Å². The Morgan fingerprint density at radius 2 is 1.20 bits per heavy atom. The molecule has 3 fully saturated rings. The SMILES string of the molecule is O=C(O)C(C1CCC1)C(O)(C(=O)O)C(C(=O)O)(C1CCC1)C1CCC1. The molecule has 0 spiro atoms. The lowest BCUT2D eigenvalue weighted by Crippen LogP contribution is -2.72. The van der Waals surface area contributed by atoms with Crippen LogP contribution in [0.25, 0.3) is 0 Å². The van der Waals surface area contributed by atoms with Gasteiger partial charge in [-0.05, 0) is 56.3 Å². The first-order valence-electron chi connectivity index (χ1n) is 9.19. The van der Waals surface area contributed by atoms with Gasteiger partial charge in [0.25, 0.3) is 0 Å². The molecule has 2 unspecified atom stereocenters. The van der Waals surface area contributed by atoms with Gasteiger partial charge >= 0.3 is 17.9 Å². The van der Waals surface area contributed by atoms with E-state index in [0.29, 0.717) is 38.5 Å². The first kappa shape index (κ1) is 18.2. The van der Waals surface area contributed by atoms with E-state index in [4.69, 9.17) is 0 Å². The predicted molar refractivity (Wildman–Crippen MR) is 85.8 cm³/mol. The number of aliphatic carboxylic acids is 3. The zero-order valence-corrected chi connectivity index (χ0v) is 14.2. The van der Waals surface area contributed by atoms with Crippen LogP contribution in [0.1, 0.15) is 57.8 Å². The number of hydrogen-bond donors (Lipinski definition) is 4. The molecule has 3 aliphatic rings. The molecule has 7 nitrogen and oxygen atoms in total. The topological polar surface area (TPSA) is 132 Å². The van der Waals surface area contributed by atoms with E-state index in [2.05, 4.69) is 0 Å². The molecule has 0 bridgehead atoms. The van der Waals surface area contributed by atoms with Crippen LogP contribution in [0.5, 0.6) is 0 Å². The van der Waals surface area contributed by atoms with Crippen LogP contribution in [0, 0.1) is 29.1 Å². The van der Waals surface area contributed by atoms with Crippen LogP contribution in [-0.4, -0.2) is 43.9 Å². The van der Waals surface area contributed by atoms with Gasteiger partial charge in [-0.25, -0.2) is 4.79 Å². The summed E-state index contributed by atoms with van der Waals surface area (Å²) in [6.07, 6.45) is 5.45. The van der Waals surface area contributed by atoms with Crippen molar-refractivity contribution in [3.8, 4) is 0 Å². The molecule has 2 atom stereocenters.